The van der Waals surface area contributed by atoms with E-state index in [1.165, 1.54) is 6.33 Å². The Morgan fingerprint density at radius 3 is 2.64 bits per heavy atom. The van der Waals surface area contributed by atoms with Gasteiger partial charge in [-0.25, -0.2) is 14.7 Å². The first-order chi connectivity index (χ1) is 6.68. The highest BCUT2D eigenvalue weighted by molar-refractivity contribution is 6.44. The Morgan fingerprint density at radius 2 is 2.14 bits per heavy atom. The van der Waals surface area contributed by atoms with Crippen LogP contribution in [0.15, 0.2) is 6.33 Å². The van der Waals surface area contributed by atoms with Gasteiger partial charge in [-0.1, -0.05) is 0 Å². The Bertz CT molecular complexity index is 398. The van der Waals surface area contributed by atoms with Crippen molar-refractivity contribution < 1.29 is 14.4 Å². The monoisotopic (exact) mass is 195 g/mol. The van der Waals surface area contributed by atoms with Gasteiger partial charge in [0, 0.05) is 0 Å². The fourth-order valence-electron chi connectivity index (χ4n) is 1.03. The van der Waals surface area contributed by atoms with Crippen LogP contribution in [0.1, 0.15) is 5.82 Å². The van der Waals surface area contributed by atoms with Crippen molar-refractivity contribution in [2.45, 2.75) is 6.54 Å². The number of urea groups is 1. The van der Waals surface area contributed by atoms with Gasteiger partial charge in [0.2, 0.25) is 0 Å². The van der Waals surface area contributed by atoms with Crippen molar-refractivity contribution in [3.8, 4) is 0 Å². The van der Waals surface area contributed by atoms with Crippen LogP contribution in [0.3, 0.4) is 0 Å². The number of carbonyl (C=O) groups excluding carboxylic acids is 3. The van der Waals surface area contributed by atoms with Crippen LogP contribution < -0.4 is 5.32 Å². The molecule has 0 saturated carbocycles. The van der Waals surface area contributed by atoms with Gasteiger partial charge in [-0.2, -0.15) is 5.10 Å². The molecule has 4 amide bonds. The van der Waals surface area contributed by atoms with Gasteiger partial charge >= 0.3 is 17.8 Å². The standard InChI is InChI=1S/C6H5N5O3/c12-4-5(13)11(6(14)9-4)1-3-7-2-8-10-3/h2H,1H2,(H,7,8,10)(H,9,12,14). The number of rotatable bonds is 2. The van der Waals surface area contributed by atoms with Gasteiger partial charge in [0.25, 0.3) is 0 Å². The third-order valence-electron chi connectivity index (χ3n) is 1.68. The zero-order valence-corrected chi connectivity index (χ0v) is 6.85. The smallest absolute Gasteiger partial charge is 0.269 e. The fourth-order valence-corrected chi connectivity index (χ4v) is 1.03. The molecule has 1 aliphatic rings. The van der Waals surface area contributed by atoms with Gasteiger partial charge in [0.05, 0.1) is 6.54 Å². The Balaban J connectivity index is 2.16. The molecule has 2 heterocycles. The first-order valence-corrected chi connectivity index (χ1v) is 3.69. The highest BCUT2D eigenvalue weighted by Gasteiger charge is 2.37. The van der Waals surface area contributed by atoms with E-state index in [-0.39, 0.29) is 6.54 Å². The number of nitrogens with one attached hydrogen (secondary N) is 2. The Morgan fingerprint density at radius 1 is 1.36 bits per heavy atom. The first kappa shape index (κ1) is 8.35. The normalized spacial score (nSPS) is 16.3. The zero-order chi connectivity index (χ0) is 10.1. The number of aromatic nitrogens is 3. The Hall–Kier alpha value is -2.25. The minimum absolute atomic E-state index is 0.0869. The molecule has 0 atom stereocenters. The maximum Gasteiger partial charge on any atom is 0.331 e. The highest BCUT2D eigenvalue weighted by atomic mass is 16.2. The van der Waals surface area contributed by atoms with E-state index in [9.17, 15) is 14.4 Å². The third kappa shape index (κ3) is 1.22. The lowest BCUT2D eigenvalue weighted by molar-refractivity contribution is -0.140. The number of hydrogen-bond donors (Lipinski definition) is 2. The quantitative estimate of drug-likeness (QED) is 0.435. The first-order valence-electron chi connectivity index (χ1n) is 3.69. The van der Waals surface area contributed by atoms with Crippen LogP contribution in [-0.4, -0.2) is 37.9 Å². The summed E-state index contributed by atoms with van der Waals surface area (Å²) in [6.45, 7) is -0.0869. The summed E-state index contributed by atoms with van der Waals surface area (Å²) in [7, 11) is 0. The van der Waals surface area contributed by atoms with E-state index in [4.69, 9.17) is 0 Å². The average molecular weight is 195 g/mol. The summed E-state index contributed by atoms with van der Waals surface area (Å²) in [5, 5.41) is 7.88. The lowest BCUT2D eigenvalue weighted by atomic mass is 10.5. The molecule has 0 aliphatic carbocycles. The number of hydrogen-bond acceptors (Lipinski definition) is 5. The van der Waals surface area contributed by atoms with Crippen molar-refractivity contribution >= 4 is 17.8 Å². The van der Waals surface area contributed by atoms with Crippen molar-refractivity contribution in [1.82, 2.24) is 25.4 Å². The molecule has 8 heteroatoms. The molecule has 1 saturated heterocycles. The summed E-state index contributed by atoms with van der Waals surface area (Å²) in [4.78, 5) is 37.3. The maximum absolute atomic E-state index is 11.1. The van der Waals surface area contributed by atoms with Gasteiger partial charge in [0.1, 0.15) is 12.2 Å². The van der Waals surface area contributed by atoms with E-state index in [1.54, 1.807) is 0 Å². The summed E-state index contributed by atoms with van der Waals surface area (Å²) in [5.41, 5.74) is 0. The number of imide groups is 2. The van der Waals surface area contributed by atoms with Crippen molar-refractivity contribution in [1.29, 1.82) is 0 Å². The largest absolute Gasteiger partial charge is 0.331 e. The van der Waals surface area contributed by atoms with Crippen molar-refractivity contribution in [2.75, 3.05) is 0 Å². The molecule has 1 aromatic rings. The van der Waals surface area contributed by atoms with E-state index in [0.717, 1.165) is 4.90 Å². The minimum Gasteiger partial charge on any atom is -0.269 e. The van der Waals surface area contributed by atoms with Gasteiger partial charge in [-0.3, -0.25) is 20.0 Å². The molecule has 14 heavy (non-hydrogen) atoms. The number of nitrogens with zero attached hydrogens (tertiary/aromatic N) is 3. The Labute approximate surface area is 77.3 Å². The second kappa shape index (κ2) is 2.91. The van der Waals surface area contributed by atoms with Gasteiger partial charge in [0.15, 0.2) is 0 Å². The molecule has 8 nitrogen and oxygen atoms in total. The molecule has 2 rings (SSSR count). The molecule has 1 fully saturated rings. The van der Waals surface area contributed by atoms with Crippen molar-refractivity contribution in [3.63, 3.8) is 0 Å². The molecule has 0 aromatic carbocycles. The molecule has 72 valence electrons. The van der Waals surface area contributed by atoms with Crippen LogP contribution in [-0.2, 0) is 16.1 Å². The topological polar surface area (TPSA) is 108 Å². The van der Waals surface area contributed by atoms with E-state index in [1.807, 2.05) is 5.32 Å². The molecule has 1 aromatic heterocycles. The van der Waals surface area contributed by atoms with Crippen LogP contribution in [0.2, 0.25) is 0 Å². The maximum atomic E-state index is 11.1. The van der Waals surface area contributed by atoms with Crippen molar-refractivity contribution in [3.05, 3.63) is 12.2 Å². The Kier molecular flexibility index (Phi) is 1.73. The fraction of sp³-hybridized carbons (Fsp3) is 0.167. The van der Waals surface area contributed by atoms with Crippen molar-refractivity contribution in [2.24, 2.45) is 0 Å². The molecular weight excluding hydrogens is 190 g/mol. The third-order valence-corrected chi connectivity index (χ3v) is 1.68. The number of aromatic amines is 1. The predicted octanol–water partition coefficient (Wildman–Crippen LogP) is -1.62. The molecular formula is C6H5N5O3. The predicted molar refractivity (Wildman–Crippen MR) is 40.5 cm³/mol. The van der Waals surface area contributed by atoms with E-state index < -0.39 is 17.8 Å². The van der Waals surface area contributed by atoms with Crippen LogP contribution in [0, 0.1) is 0 Å². The minimum atomic E-state index is -0.922. The van der Waals surface area contributed by atoms with Gasteiger partial charge in [-0.05, 0) is 0 Å². The lowest BCUT2D eigenvalue weighted by Crippen LogP contribution is -2.30. The lowest BCUT2D eigenvalue weighted by Gasteiger charge is -2.07. The summed E-state index contributed by atoms with van der Waals surface area (Å²) >= 11 is 0. The second-order valence-corrected chi connectivity index (χ2v) is 2.58. The summed E-state index contributed by atoms with van der Waals surface area (Å²) in [5.74, 6) is -1.47. The molecule has 0 spiro atoms. The number of H-pyrrole nitrogens is 1. The zero-order valence-electron chi connectivity index (χ0n) is 6.85. The SMILES string of the molecule is O=C1NC(=O)N(Cc2ncn[nH]2)C1=O. The van der Waals surface area contributed by atoms with E-state index in [2.05, 4.69) is 15.2 Å². The van der Waals surface area contributed by atoms with E-state index in [0.29, 0.717) is 5.82 Å². The van der Waals surface area contributed by atoms with Gasteiger partial charge < -0.3 is 0 Å². The number of amides is 4. The van der Waals surface area contributed by atoms with Crippen LogP contribution in [0.5, 0.6) is 0 Å². The van der Waals surface area contributed by atoms with Crippen LogP contribution >= 0.6 is 0 Å². The van der Waals surface area contributed by atoms with E-state index >= 15 is 0 Å². The molecule has 0 bridgehead atoms. The molecule has 2 N–H and O–H groups in total. The highest BCUT2D eigenvalue weighted by Crippen LogP contribution is 2.04. The molecule has 0 radical (unpaired) electrons. The molecule has 1 aliphatic heterocycles. The van der Waals surface area contributed by atoms with Gasteiger partial charge in [-0.15, -0.1) is 0 Å². The van der Waals surface area contributed by atoms with Crippen LogP contribution in [0.25, 0.3) is 0 Å². The number of carbonyl (C=O) groups is 3. The summed E-state index contributed by atoms with van der Waals surface area (Å²) in [6.07, 6.45) is 1.25. The summed E-state index contributed by atoms with van der Waals surface area (Å²) in [6, 6.07) is -0.739. The average Bonchev–Trinajstić information content (AvgIpc) is 2.71. The second-order valence-electron chi connectivity index (χ2n) is 2.58. The van der Waals surface area contributed by atoms with Crippen LogP contribution in [0.4, 0.5) is 4.79 Å². The molecule has 0 unspecified atom stereocenters. The summed E-state index contributed by atoms with van der Waals surface area (Å²) < 4.78 is 0.